The van der Waals surface area contributed by atoms with Crippen molar-refractivity contribution in [1.82, 2.24) is 5.32 Å². The molecule has 1 aromatic carbocycles. The number of carboxylic acid groups (broad SMARTS) is 1. The first kappa shape index (κ1) is 17.1. The largest absolute Gasteiger partial charge is 0.480 e. The molecule has 2 heterocycles. The van der Waals surface area contributed by atoms with Crippen LogP contribution >= 0.6 is 22.7 Å². The van der Waals surface area contributed by atoms with E-state index in [1.165, 1.54) is 20.5 Å². The fourth-order valence-corrected chi connectivity index (χ4v) is 5.63. The Bertz CT molecular complexity index is 836. The van der Waals surface area contributed by atoms with Gasteiger partial charge in [-0.1, -0.05) is 30.3 Å². The number of nitrogens with one attached hydrogen (secondary N) is 1. The van der Waals surface area contributed by atoms with Crippen molar-refractivity contribution < 1.29 is 9.90 Å². The van der Waals surface area contributed by atoms with E-state index in [0.717, 1.165) is 0 Å². The van der Waals surface area contributed by atoms with E-state index in [9.17, 15) is 9.90 Å². The molecule has 2 atom stereocenters. The second-order valence-electron chi connectivity index (χ2n) is 6.56. The Kier molecular flexibility index (Phi) is 4.76. The quantitative estimate of drug-likeness (QED) is 0.656. The zero-order valence-electron chi connectivity index (χ0n) is 13.9. The first-order valence-corrected chi connectivity index (χ1v) is 9.66. The molecule has 2 unspecified atom stereocenters. The molecule has 3 rings (SSSR count). The summed E-state index contributed by atoms with van der Waals surface area (Å²) < 4.78 is 0. The number of carbonyl (C=O) groups is 1. The van der Waals surface area contributed by atoms with Crippen LogP contribution in [0.2, 0.25) is 0 Å². The summed E-state index contributed by atoms with van der Waals surface area (Å²) in [7, 11) is 0. The van der Waals surface area contributed by atoms with Gasteiger partial charge in [0, 0.05) is 21.2 Å². The highest BCUT2D eigenvalue weighted by Gasteiger charge is 2.36. The van der Waals surface area contributed by atoms with Crippen LogP contribution in [0.5, 0.6) is 0 Å². The lowest BCUT2D eigenvalue weighted by molar-refractivity contribution is -0.139. The van der Waals surface area contributed by atoms with Crippen molar-refractivity contribution >= 4 is 39.4 Å². The lowest BCUT2D eigenvalue weighted by atomic mass is 9.83. The van der Waals surface area contributed by atoms with Crippen molar-refractivity contribution in [3.63, 3.8) is 0 Å². The number of aliphatic carboxylic acids is 1. The van der Waals surface area contributed by atoms with E-state index < -0.39 is 17.6 Å². The molecule has 5 heteroatoms. The molecule has 2 N–H and O–H groups in total. The molecule has 0 saturated heterocycles. The fraction of sp³-hybridized carbons (Fsp3) is 0.316. The molecule has 0 aliphatic heterocycles. The molecule has 0 radical (unpaired) electrons. The van der Waals surface area contributed by atoms with E-state index in [4.69, 9.17) is 0 Å². The van der Waals surface area contributed by atoms with Gasteiger partial charge < -0.3 is 5.11 Å². The van der Waals surface area contributed by atoms with Gasteiger partial charge in [-0.3, -0.25) is 10.1 Å². The van der Waals surface area contributed by atoms with E-state index in [2.05, 4.69) is 66.3 Å². The minimum absolute atomic E-state index is 0.101. The molecule has 0 bridgehead atoms. The van der Waals surface area contributed by atoms with E-state index in [-0.39, 0.29) is 5.92 Å². The van der Waals surface area contributed by atoms with Crippen molar-refractivity contribution in [2.24, 2.45) is 0 Å². The average molecular weight is 360 g/mol. The molecule has 126 valence electrons. The van der Waals surface area contributed by atoms with Gasteiger partial charge in [-0.05, 0) is 48.4 Å². The molecule has 3 aromatic rings. The number of thiophene rings is 2. The maximum atomic E-state index is 11.3. The highest BCUT2D eigenvalue weighted by Crippen LogP contribution is 2.43. The highest BCUT2D eigenvalue weighted by atomic mass is 32.1. The molecular weight excluding hydrogens is 338 g/mol. The van der Waals surface area contributed by atoms with Crippen molar-refractivity contribution in [3.8, 4) is 0 Å². The third-order valence-electron chi connectivity index (χ3n) is 4.31. The third kappa shape index (κ3) is 3.24. The van der Waals surface area contributed by atoms with Gasteiger partial charge in [0.15, 0.2) is 0 Å². The Morgan fingerprint density at radius 3 is 2.58 bits per heavy atom. The summed E-state index contributed by atoms with van der Waals surface area (Å²) in [5.41, 5.74) is -0.393. The summed E-state index contributed by atoms with van der Waals surface area (Å²) in [6.45, 7) is 5.87. The fourth-order valence-electron chi connectivity index (χ4n) is 3.21. The highest BCUT2D eigenvalue weighted by molar-refractivity contribution is 7.12. The summed E-state index contributed by atoms with van der Waals surface area (Å²) >= 11 is 3.47. The van der Waals surface area contributed by atoms with Gasteiger partial charge in [0.1, 0.15) is 6.04 Å². The van der Waals surface area contributed by atoms with Crippen molar-refractivity contribution in [3.05, 3.63) is 56.9 Å². The predicted molar refractivity (Wildman–Crippen MR) is 102 cm³/mol. The second kappa shape index (κ2) is 6.67. The van der Waals surface area contributed by atoms with Gasteiger partial charge >= 0.3 is 5.97 Å². The van der Waals surface area contributed by atoms with Gasteiger partial charge in [-0.25, -0.2) is 0 Å². The topological polar surface area (TPSA) is 49.3 Å². The molecule has 2 aromatic heterocycles. The first-order valence-electron chi connectivity index (χ1n) is 7.90. The van der Waals surface area contributed by atoms with Crippen LogP contribution in [0.15, 0.2) is 47.2 Å². The molecular formula is C19H21NO2S2. The lowest BCUT2D eigenvalue weighted by Crippen LogP contribution is -2.51. The van der Waals surface area contributed by atoms with E-state index in [1.807, 2.05) is 0 Å². The Balaban J connectivity index is 2.09. The third-order valence-corrected chi connectivity index (χ3v) is 6.33. The zero-order valence-corrected chi connectivity index (χ0v) is 15.6. The maximum Gasteiger partial charge on any atom is 0.320 e. The Hall–Kier alpha value is -1.69. The molecule has 0 fully saturated rings. The van der Waals surface area contributed by atoms with Gasteiger partial charge in [-0.15, -0.1) is 22.7 Å². The van der Waals surface area contributed by atoms with Crippen LogP contribution in [0.4, 0.5) is 0 Å². The van der Waals surface area contributed by atoms with E-state index in [1.54, 1.807) is 29.6 Å². The first-order chi connectivity index (χ1) is 11.4. The van der Waals surface area contributed by atoms with Crippen LogP contribution in [-0.2, 0) is 4.79 Å². The van der Waals surface area contributed by atoms with Crippen molar-refractivity contribution in [2.45, 2.75) is 38.3 Å². The van der Waals surface area contributed by atoms with Gasteiger partial charge in [0.2, 0.25) is 0 Å². The monoisotopic (exact) mass is 359 g/mol. The minimum atomic E-state index is -0.830. The van der Waals surface area contributed by atoms with Crippen LogP contribution < -0.4 is 5.32 Å². The number of benzene rings is 1. The summed E-state index contributed by atoms with van der Waals surface area (Å²) in [6, 6.07) is 12.0. The number of rotatable bonds is 6. The van der Waals surface area contributed by atoms with Crippen LogP contribution in [-0.4, -0.2) is 22.7 Å². The van der Waals surface area contributed by atoms with Crippen molar-refractivity contribution in [2.75, 3.05) is 0 Å². The average Bonchev–Trinajstić information content (AvgIpc) is 3.17. The number of fused-ring (bicyclic) bond motifs is 1. The number of hydrogen-bond acceptors (Lipinski definition) is 4. The molecule has 0 amide bonds. The standard InChI is InChI=1S/C19H21NO2S2/c1-12(18(21)22)20-19(2,3)16(15-9-6-10-23-15)17-14-8-5-4-7-13(14)11-24-17/h4-12,16,20H,1-3H3,(H,21,22). The molecule has 0 aliphatic rings. The Morgan fingerprint density at radius 2 is 1.92 bits per heavy atom. The Labute approximate surface area is 150 Å². The summed E-state index contributed by atoms with van der Waals surface area (Å²) in [4.78, 5) is 13.9. The van der Waals surface area contributed by atoms with Gasteiger partial charge in [-0.2, -0.15) is 0 Å². The van der Waals surface area contributed by atoms with Crippen LogP contribution in [0.3, 0.4) is 0 Å². The normalized spacial score (nSPS) is 14.6. The molecule has 3 nitrogen and oxygen atoms in total. The molecule has 0 aliphatic carbocycles. The van der Waals surface area contributed by atoms with E-state index >= 15 is 0 Å². The maximum absolute atomic E-state index is 11.3. The minimum Gasteiger partial charge on any atom is -0.480 e. The predicted octanol–water partition coefficient (Wildman–Crippen LogP) is 4.94. The van der Waals surface area contributed by atoms with Crippen molar-refractivity contribution in [1.29, 1.82) is 0 Å². The van der Waals surface area contributed by atoms with Gasteiger partial charge in [0.25, 0.3) is 0 Å². The van der Waals surface area contributed by atoms with Gasteiger partial charge in [0.05, 0.1) is 0 Å². The second-order valence-corrected chi connectivity index (χ2v) is 8.45. The zero-order chi connectivity index (χ0) is 17.3. The van der Waals surface area contributed by atoms with Crippen LogP contribution in [0, 0.1) is 0 Å². The number of carboxylic acids is 1. The summed E-state index contributed by atoms with van der Waals surface area (Å²) in [6.07, 6.45) is 0. The molecule has 0 spiro atoms. The van der Waals surface area contributed by atoms with E-state index in [0.29, 0.717) is 0 Å². The smallest absolute Gasteiger partial charge is 0.320 e. The lowest BCUT2D eigenvalue weighted by Gasteiger charge is -2.36. The Morgan fingerprint density at radius 1 is 1.17 bits per heavy atom. The summed E-state index contributed by atoms with van der Waals surface area (Å²) in [5.74, 6) is -0.728. The van der Waals surface area contributed by atoms with Crippen LogP contribution in [0.1, 0.15) is 36.4 Å². The van der Waals surface area contributed by atoms with Crippen LogP contribution in [0.25, 0.3) is 10.8 Å². The SMILES string of the molecule is CC(NC(C)(C)C(c1cccs1)c1scc2ccccc12)C(=O)O. The number of hydrogen-bond donors (Lipinski definition) is 2. The molecule has 24 heavy (non-hydrogen) atoms. The molecule has 0 saturated carbocycles. The summed E-state index contributed by atoms with van der Waals surface area (Å²) in [5, 5.41) is 19.4.